The van der Waals surface area contributed by atoms with Crippen LogP contribution in [-0.4, -0.2) is 6.04 Å². The summed E-state index contributed by atoms with van der Waals surface area (Å²) in [5, 5.41) is 0. The van der Waals surface area contributed by atoms with Gasteiger partial charge in [0.05, 0.1) is 0 Å². The highest BCUT2D eigenvalue weighted by Crippen LogP contribution is 2.55. The quantitative estimate of drug-likeness (QED) is 0.206. The second-order valence-corrected chi connectivity index (χ2v) is 17.6. The Labute approximate surface area is 285 Å². The van der Waals surface area contributed by atoms with Gasteiger partial charge in [-0.05, 0) is 145 Å². The molecular formula is C46H57N. The number of hydrogen-bond donors (Lipinski definition) is 0. The number of rotatable bonds is 6. The van der Waals surface area contributed by atoms with E-state index in [2.05, 4.69) is 145 Å². The van der Waals surface area contributed by atoms with Gasteiger partial charge in [-0.3, -0.25) is 0 Å². The molecule has 1 nitrogen and oxygen atoms in total. The summed E-state index contributed by atoms with van der Waals surface area (Å²) < 4.78 is 0. The number of fused-ring (bicyclic) bond motifs is 3. The number of anilines is 2. The molecular weight excluding hydrogens is 567 g/mol. The summed E-state index contributed by atoms with van der Waals surface area (Å²) >= 11 is 0. The van der Waals surface area contributed by atoms with Crippen molar-refractivity contribution in [3.63, 3.8) is 0 Å². The van der Waals surface area contributed by atoms with Crippen LogP contribution < -0.4 is 4.90 Å². The summed E-state index contributed by atoms with van der Waals surface area (Å²) in [5.74, 6) is 1.18. The van der Waals surface area contributed by atoms with Crippen molar-refractivity contribution in [2.24, 2.45) is 10.8 Å². The van der Waals surface area contributed by atoms with Gasteiger partial charge in [0.15, 0.2) is 0 Å². The summed E-state index contributed by atoms with van der Waals surface area (Å²) in [7, 11) is 0. The molecule has 0 aliphatic heterocycles. The number of benzene rings is 4. The van der Waals surface area contributed by atoms with Crippen LogP contribution in [0.2, 0.25) is 0 Å². The van der Waals surface area contributed by atoms with Crippen LogP contribution in [0.25, 0.3) is 22.3 Å². The third kappa shape index (κ3) is 5.98. The van der Waals surface area contributed by atoms with Gasteiger partial charge in [-0.15, -0.1) is 0 Å². The fourth-order valence-electron chi connectivity index (χ4n) is 9.30. The van der Waals surface area contributed by atoms with E-state index in [1.54, 1.807) is 11.1 Å². The lowest BCUT2D eigenvalue weighted by Gasteiger charge is -2.41. The van der Waals surface area contributed by atoms with E-state index >= 15 is 0 Å². The van der Waals surface area contributed by atoms with E-state index in [9.17, 15) is 0 Å². The van der Waals surface area contributed by atoms with Crippen LogP contribution >= 0.6 is 0 Å². The molecule has 2 fully saturated rings. The van der Waals surface area contributed by atoms with Crippen molar-refractivity contribution in [1.82, 2.24) is 0 Å². The van der Waals surface area contributed by atoms with Crippen LogP contribution in [-0.2, 0) is 5.41 Å². The Kier molecular flexibility index (Phi) is 8.22. The third-order valence-corrected chi connectivity index (χ3v) is 12.5. The molecule has 4 aromatic carbocycles. The predicted molar refractivity (Wildman–Crippen MR) is 203 cm³/mol. The Balaban J connectivity index is 1.45. The first kappa shape index (κ1) is 32.2. The molecule has 7 rings (SSSR count). The molecule has 0 aromatic heterocycles. The number of nitrogens with zero attached hydrogens (tertiary/aromatic N) is 1. The van der Waals surface area contributed by atoms with Gasteiger partial charge in [0.25, 0.3) is 0 Å². The van der Waals surface area contributed by atoms with Crippen molar-refractivity contribution < 1.29 is 0 Å². The lowest BCUT2D eigenvalue weighted by Crippen LogP contribution is -2.30. The lowest BCUT2D eigenvalue weighted by atomic mass is 9.70. The average molecular weight is 624 g/mol. The van der Waals surface area contributed by atoms with E-state index in [-0.39, 0.29) is 5.41 Å². The molecule has 47 heavy (non-hydrogen) atoms. The normalized spacial score (nSPS) is 20.2. The largest absolute Gasteiger partial charge is 0.338 e. The van der Waals surface area contributed by atoms with E-state index in [1.165, 1.54) is 96.1 Å². The molecule has 0 heterocycles. The van der Waals surface area contributed by atoms with Gasteiger partial charge >= 0.3 is 0 Å². The molecule has 0 spiro atoms. The van der Waals surface area contributed by atoms with Gasteiger partial charge in [-0.1, -0.05) is 114 Å². The Morgan fingerprint density at radius 2 is 1.09 bits per heavy atom. The molecule has 3 aliphatic carbocycles. The monoisotopic (exact) mass is 623 g/mol. The second kappa shape index (κ2) is 12.0. The standard InChI is InChI=1S/C46H57N/c1-31(2)47(42-28-35(32-14-10-9-11-15-32)18-19-36(42)33-20-24-44(3,4)25-21-33)43-30-39-37-16-12-13-17-40(37)46(7,8)41(39)29-38(43)34-22-26-45(5,6)27-23-34/h9-19,28-31,33-34H,20-27H2,1-8H3. The lowest BCUT2D eigenvalue weighted by molar-refractivity contribution is 0.224. The van der Waals surface area contributed by atoms with Gasteiger partial charge in [0.1, 0.15) is 0 Å². The summed E-state index contributed by atoms with van der Waals surface area (Å²) in [6.07, 6.45) is 10.3. The van der Waals surface area contributed by atoms with E-state index in [0.717, 1.165) is 0 Å². The second-order valence-electron chi connectivity index (χ2n) is 17.6. The highest BCUT2D eigenvalue weighted by Gasteiger charge is 2.39. The van der Waals surface area contributed by atoms with Crippen molar-refractivity contribution in [1.29, 1.82) is 0 Å². The molecule has 0 saturated heterocycles. The van der Waals surface area contributed by atoms with Gasteiger partial charge in [0.2, 0.25) is 0 Å². The van der Waals surface area contributed by atoms with Crippen molar-refractivity contribution in [3.05, 3.63) is 107 Å². The smallest absolute Gasteiger partial charge is 0.0455 e. The minimum atomic E-state index is 0.00307. The first-order valence-electron chi connectivity index (χ1n) is 18.6. The summed E-state index contributed by atoms with van der Waals surface area (Å²) in [6, 6.07) is 33.3. The van der Waals surface area contributed by atoms with Gasteiger partial charge in [0, 0.05) is 22.8 Å². The SMILES string of the molecule is CC(C)N(c1cc(-c2ccccc2)ccc1C1CCC(C)(C)CC1)c1cc2c(cc1C1CCC(C)(C)CC1)C(C)(C)c1ccccc1-2. The minimum absolute atomic E-state index is 0.00307. The maximum Gasteiger partial charge on any atom is 0.0455 e. The van der Waals surface area contributed by atoms with E-state index in [1.807, 2.05) is 0 Å². The van der Waals surface area contributed by atoms with Crippen molar-refractivity contribution in [3.8, 4) is 22.3 Å². The Hall–Kier alpha value is -3.32. The van der Waals surface area contributed by atoms with Gasteiger partial charge in [-0.2, -0.15) is 0 Å². The zero-order valence-electron chi connectivity index (χ0n) is 30.4. The van der Waals surface area contributed by atoms with Crippen LogP contribution in [0.5, 0.6) is 0 Å². The maximum absolute atomic E-state index is 2.77. The topological polar surface area (TPSA) is 3.24 Å². The van der Waals surface area contributed by atoms with Gasteiger partial charge < -0.3 is 4.90 Å². The fourth-order valence-corrected chi connectivity index (χ4v) is 9.30. The summed E-state index contributed by atoms with van der Waals surface area (Å²) in [5.41, 5.74) is 15.3. The first-order valence-corrected chi connectivity index (χ1v) is 18.6. The van der Waals surface area contributed by atoms with Crippen molar-refractivity contribution in [2.75, 3.05) is 4.90 Å². The van der Waals surface area contributed by atoms with Crippen LogP contribution in [0.3, 0.4) is 0 Å². The number of hydrogen-bond acceptors (Lipinski definition) is 1. The fraction of sp³-hybridized carbons (Fsp3) is 0.478. The predicted octanol–water partition coefficient (Wildman–Crippen LogP) is 13.6. The molecule has 3 aliphatic rings. The summed E-state index contributed by atoms with van der Waals surface area (Å²) in [4.78, 5) is 2.77. The van der Waals surface area contributed by atoms with Crippen molar-refractivity contribution in [2.45, 2.75) is 130 Å². The molecule has 0 amide bonds. The maximum atomic E-state index is 2.77. The van der Waals surface area contributed by atoms with Crippen LogP contribution in [0.15, 0.2) is 84.9 Å². The Morgan fingerprint density at radius 3 is 1.70 bits per heavy atom. The zero-order valence-corrected chi connectivity index (χ0v) is 30.4. The molecule has 0 N–H and O–H groups in total. The molecule has 2 saturated carbocycles. The van der Waals surface area contributed by atoms with Gasteiger partial charge in [-0.25, -0.2) is 0 Å². The molecule has 4 aromatic rings. The summed E-state index contributed by atoms with van der Waals surface area (Å²) in [6.45, 7) is 19.6. The van der Waals surface area contributed by atoms with E-state index < -0.39 is 0 Å². The van der Waals surface area contributed by atoms with Crippen LogP contribution in [0.4, 0.5) is 11.4 Å². The minimum Gasteiger partial charge on any atom is -0.338 e. The first-order chi connectivity index (χ1) is 22.3. The van der Waals surface area contributed by atoms with Crippen molar-refractivity contribution >= 4 is 11.4 Å². The van der Waals surface area contributed by atoms with Crippen LogP contribution in [0, 0.1) is 10.8 Å². The van der Waals surface area contributed by atoms with E-state index in [0.29, 0.717) is 28.7 Å². The molecule has 0 unspecified atom stereocenters. The molecule has 1 heteroatoms. The highest BCUT2D eigenvalue weighted by atomic mass is 15.2. The van der Waals surface area contributed by atoms with E-state index in [4.69, 9.17) is 0 Å². The highest BCUT2D eigenvalue weighted by molar-refractivity contribution is 5.87. The Bertz CT molecular complexity index is 1730. The molecule has 0 bridgehead atoms. The van der Waals surface area contributed by atoms with Crippen LogP contribution in [0.1, 0.15) is 141 Å². The molecule has 246 valence electrons. The molecule has 0 atom stereocenters. The third-order valence-electron chi connectivity index (χ3n) is 12.5. The Morgan fingerprint density at radius 1 is 0.532 bits per heavy atom. The average Bonchev–Trinajstić information content (AvgIpc) is 3.27. The molecule has 0 radical (unpaired) electrons. The zero-order chi connectivity index (χ0) is 33.1.